The van der Waals surface area contributed by atoms with Gasteiger partial charge in [-0.15, -0.1) is 10.2 Å². The van der Waals surface area contributed by atoms with E-state index < -0.39 is 28.7 Å². The van der Waals surface area contributed by atoms with Crippen molar-refractivity contribution in [2.45, 2.75) is 30.8 Å². The number of benzene rings is 1. The second kappa shape index (κ2) is 9.92. The Balaban J connectivity index is 1.26. The molecule has 1 amide bonds. The third-order valence-electron chi connectivity index (χ3n) is 7.64. The zero-order valence-electron chi connectivity index (χ0n) is 20.6. The zero-order valence-corrected chi connectivity index (χ0v) is 22.1. The highest BCUT2D eigenvalue weighted by Gasteiger charge is 2.58. The molecule has 0 saturated carbocycles. The Morgan fingerprint density at radius 1 is 1.15 bits per heavy atom. The highest BCUT2D eigenvalue weighted by atomic mass is 35.5. The average molecular weight is 581 g/mol. The molecule has 14 heteroatoms. The second-order valence-corrected chi connectivity index (χ2v) is 11.1. The molecule has 5 heterocycles. The van der Waals surface area contributed by atoms with Crippen LogP contribution >= 0.6 is 23.2 Å². The summed E-state index contributed by atoms with van der Waals surface area (Å²) in [7, 11) is 0. The molecule has 1 N–H and O–H groups in total. The summed E-state index contributed by atoms with van der Waals surface area (Å²) in [5, 5.41) is 17.3. The first-order valence-electron chi connectivity index (χ1n) is 12.5. The maximum absolute atomic E-state index is 15.3. The molecule has 1 spiro atoms. The molecule has 2 unspecified atom stereocenters. The fourth-order valence-electron chi connectivity index (χ4n) is 5.74. The van der Waals surface area contributed by atoms with Crippen molar-refractivity contribution in [3.05, 3.63) is 63.7 Å². The monoisotopic (exact) mass is 580 g/mol. The van der Waals surface area contributed by atoms with Gasteiger partial charge in [0.15, 0.2) is 0 Å². The van der Waals surface area contributed by atoms with E-state index in [1.165, 1.54) is 12.3 Å². The molecule has 0 radical (unpaired) electrons. The van der Waals surface area contributed by atoms with Gasteiger partial charge in [0.1, 0.15) is 5.69 Å². The topological polar surface area (TPSA) is 118 Å². The van der Waals surface area contributed by atoms with Gasteiger partial charge in [-0.3, -0.25) is 9.69 Å². The predicted octanol–water partition coefficient (Wildman–Crippen LogP) is 3.73. The summed E-state index contributed by atoms with van der Waals surface area (Å²) in [5.41, 5.74) is -0.833. The lowest BCUT2D eigenvalue weighted by Gasteiger charge is -2.50. The van der Waals surface area contributed by atoms with E-state index in [0.717, 1.165) is 44.3 Å². The Labute approximate surface area is 231 Å². The molecule has 3 fully saturated rings. The summed E-state index contributed by atoms with van der Waals surface area (Å²) in [4.78, 5) is 24.8. The summed E-state index contributed by atoms with van der Waals surface area (Å²) in [6.45, 7) is 3.26. The standard InChI is InChI=1S/C25H24Cl2F2N6O4/c26-17-4-3-14(6-18(17)27)25(28,29)23-33-32-21(39-23)16-10-35(22(37)19-7-31-20(36)8-30-19)13-24(16)11-34(12-24)9-15-2-1-5-38-15/h3-4,6-8,15-16H,1-2,5,9-13H2,(H,31,36). The molecule has 3 aromatic rings. The van der Waals surface area contributed by atoms with Crippen molar-refractivity contribution in [1.29, 1.82) is 0 Å². The molecule has 2 aromatic heterocycles. The summed E-state index contributed by atoms with van der Waals surface area (Å²) in [6.07, 6.45) is 4.48. The van der Waals surface area contributed by atoms with Gasteiger partial charge in [-0.25, -0.2) is 9.97 Å². The molecule has 206 valence electrons. The molecule has 3 aliphatic rings. The van der Waals surface area contributed by atoms with Gasteiger partial charge in [0.25, 0.3) is 11.8 Å². The summed E-state index contributed by atoms with van der Waals surface area (Å²) in [6, 6.07) is 3.51. The van der Waals surface area contributed by atoms with Crippen molar-refractivity contribution in [1.82, 2.24) is 30.0 Å². The molecular formula is C25H24Cl2F2N6O4. The number of hydrogen-bond acceptors (Lipinski definition) is 9. The number of rotatable bonds is 6. The minimum absolute atomic E-state index is 0.0180. The summed E-state index contributed by atoms with van der Waals surface area (Å²) in [5.74, 6) is -5.59. The lowest BCUT2D eigenvalue weighted by atomic mass is 9.71. The van der Waals surface area contributed by atoms with E-state index in [1.807, 2.05) is 0 Å². The highest BCUT2D eigenvalue weighted by Crippen LogP contribution is 2.50. The van der Waals surface area contributed by atoms with E-state index in [0.29, 0.717) is 19.6 Å². The number of likely N-dealkylation sites (tertiary alicyclic amines) is 2. The van der Waals surface area contributed by atoms with Crippen LogP contribution in [0.1, 0.15) is 46.6 Å². The van der Waals surface area contributed by atoms with Crippen LogP contribution in [0, 0.1) is 5.41 Å². The van der Waals surface area contributed by atoms with E-state index in [9.17, 15) is 9.90 Å². The van der Waals surface area contributed by atoms with E-state index in [2.05, 4.69) is 25.1 Å². The Bertz CT molecular complexity index is 1380. The largest absolute Gasteiger partial charge is 0.492 e. The van der Waals surface area contributed by atoms with Crippen LogP contribution in [0.3, 0.4) is 0 Å². The molecule has 2 atom stereocenters. The van der Waals surface area contributed by atoms with Gasteiger partial charge in [-0.2, -0.15) is 8.78 Å². The summed E-state index contributed by atoms with van der Waals surface area (Å²) < 4.78 is 42.0. The number of amides is 1. The zero-order chi connectivity index (χ0) is 27.4. The van der Waals surface area contributed by atoms with Crippen LogP contribution in [0.25, 0.3) is 0 Å². The van der Waals surface area contributed by atoms with Crippen molar-refractivity contribution in [3.63, 3.8) is 0 Å². The fourth-order valence-corrected chi connectivity index (χ4v) is 6.04. The van der Waals surface area contributed by atoms with Crippen LogP contribution in [0.15, 0.2) is 35.0 Å². The van der Waals surface area contributed by atoms with Crippen LogP contribution in [0.4, 0.5) is 8.78 Å². The number of carbonyl (C=O) groups is 1. The van der Waals surface area contributed by atoms with Gasteiger partial charge in [0, 0.05) is 50.3 Å². The molecule has 1 aromatic carbocycles. The molecule has 3 saturated heterocycles. The Hall–Kier alpha value is -2.93. The number of carbonyl (C=O) groups excluding carboxylic acids is 1. The number of aromatic nitrogens is 4. The number of nitrogens with zero attached hydrogens (tertiary/aromatic N) is 6. The van der Waals surface area contributed by atoms with E-state index in [1.54, 1.807) is 4.90 Å². The van der Waals surface area contributed by atoms with E-state index in [-0.39, 0.29) is 46.1 Å². The van der Waals surface area contributed by atoms with Crippen LogP contribution in [0.5, 0.6) is 5.88 Å². The van der Waals surface area contributed by atoms with Crippen LogP contribution < -0.4 is 0 Å². The minimum Gasteiger partial charge on any atom is -0.492 e. The number of aromatic hydroxyl groups is 1. The van der Waals surface area contributed by atoms with Crippen LogP contribution in [0.2, 0.25) is 10.0 Å². The Morgan fingerprint density at radius 3 is 2.67 bits per heavy atom. The molecule has 39 heavy (non-hydrogen) atoms. The van der Waals surface area contributed by atoms with Crippen molar-refractivity contribution < 1.29 is 27.8 Å². The smallest absolute Gasteiger partial charge is 0.349 e. The van der Waals surface area contributed by atoms with E-state index >= 15 is 8.78 Å². The van der Waals surface area contributed by atoms with Crippen molar-refractivity contribution >= 4 is 29.1 Å². The van der Waals surface area contributed by atoms with Crippen molar-refractivity contribution in [3.8, 4) is 5.88 Å². The summed E-state index contributed by atoms with van der Waals surface area (Å²) >= 11 is 11.8. The second-order valence-electron chi connectivity index (χ2n) is 10.3. The van der Waals surface area contributed by atoms with Crippen molar-refractivity contribution in [2.75, 3.05) is 39.3 Å². The number of halogens is 4. The maximum Gasteiger partial charge on any atom is 0.349 e. The number of alkyl halides is 2. The SMILES string of the molecule is O=C(c1cnc(O)cn1)N1CC(c2nnc(C(F)(F)c3ccc(Cl)c(Cl)c3)o2)C2(CN(CC3CCCO3)C2)C1. The molecule has 0 aliphatic carbocycles. The van der Waals surface area contributed by atoms with Gasteiger partial charge in [0.2, 0.25) is 11.8 Å². The maximum atomic E-state index is 15.3. The van der Waals surface area contributed by atoms with Gasteiger partial charge < -0.3 is 19.2 Å². The van der Waals surface area contributed by atoms with Gasteiger partial charge in [-0.1, -0.05) is 29.3 Å². The number of hydrogen-bond donors (Lipinski definition) is 1. The molecule has 6 rings (SSSR count). The lowest BCUT2D eigenvalue weighted by Crippen LogP contribution is -2.61. The number of ether oxygens (including phenoxy) is 1. The first-order chi connectivity index (χ1) is 18.6. The average Bonchev–Trinajstić information content (AvgIpc) is 3.65. The Kier molecular flexibility index (Phi) is 6.69. The van der Waals surface area contributed by atoms with Gasteiger partial charge in [-0.05, 0) is 25.0 Å². The quantitative estimate of drug-likeness (QED) is 0.465. The first-order valence-corrected chi connectivity index (χ1v) is 13.2. The van der Waals surface area contributed by atoms with Crippen molar-refractivity contribution in [2.24, 2.45) is 5.41 Å². The lowest BCUT2D eigenvalue weighted by molar-refractivity contribution is -0.0391. The first kappa shape index (κ1) is 26.3. The van der Waals surface area contributed by atoms with Crippen LogP contribution in [-0.2, 0) is 10.7 Å². The van der Waals surface area contributed by atoms with E-state index in [4.69, 9.17) is 32.4 Å². The fraction of sp³-hybridized carbons (Fsp3) is 0.480. The minimum atomic E-state index is -3.60. The Morgan fingerprint density at radius 2 is 1.97 bits per heavy atom. The molecule has 3 aliphatic heterocycles. The molecular weight excluding hydrogens is 557 g/mol. The van der Waals surface area contributed by atoms with Crippen LogP contribution in [-0.4, -0.2) is 86.4 Å². The molecule has 10 nitrogen and oxygen atoms in total. The van der Waals surface area contributed by atoms with Gasteiger partial charge in [0.05, 0.1) is 34.5 Å². The highest BCUT2D eigenvalue weighted by molar-refractivity contribution is 6.42. The predicted molar refractivity (Wildman–Crippen MR) is 134 cm³/mol. The third kappa shape index (κ3) is 4.83. The normalized spacial score (nSPS) is 22.9. The third-order valence-corrected chi connectivity index (χ3v) is 8.38. The van der Waals surface area contributed by atoms with Gasteiger partial charge >= 0.3 is 5.92 Å². The molecule has 0 bridgehead atoms.